The van der Waals surface area contributed by atoms with Crippen LogP contribution in [0, 0.1) is 0 Å². The molecule has 0 aliphatic carbocycles. The molecule has 0 radical (unpaired) electrons. The SMILES string of the molecule is O=c1[nH]cnc2c(CNCCOP(O)O)c[nH]c12. The molecule has 0 aliphatic rings. The average Bonchev–Trinajstić information content (AvgIpc) is 2.73. The van der Waals surface area contributed by atoms with Gasteiger partial charge in [-0.25, -0.2) is 4.98 Å². The molecule has 0 atom stereocenters. The Kier molecular flexibility index (Phi) is 4.40. The van der Waals surface area contributed by atoms with Crippen LogP contribution in [0.2, 0.25) is 0 Å². The maximum Gasteiger partial charge on any atom is 0.327 e. The number of aromatic amines is 2. The van der Waals surface area contributed by atoms with Gasteiger partial charge in [-0.1, -0.05) is 0 Å². The van der Waals surface area contributed by atoms with Crippen molar-refractivity contribution in [2.75, 3.05) is 13.2 Å². The Labute approximate surface area is 103 Å². The minimum Gasteiger partial charge on any atom is -0.355 e. The number of fused-ring (bicyclic) bond motifs is 1. The summed E-state index contributed by atoms with van der Waals surface area (Å²) in [6.07, 6.45) is 3.07. The minimum atomic E-state index is -2.30. The molecule has 0 saturated heterocycles. The number of nitrogens with one attached hydrogen (secondary N) is 3. The van der Waals surface area contributed by atoms with Crippen molar-refractivity contribution in [2.45, 2.75) is 6.54 Å². The standard InChI is InChI=1S/C9H13N4O4P/c14-9-8-7(12-5-13-9)6(4-11-8)3-10-1-2-17-18(15)16/h4-5,10-11,15-16H,1-3H2,(H,12,13,14). The van der Waals surface area contributed by atoms with E-state index in [1.807, 2.05) is 0 Å². The van der Waals surface area contributed by atoms with Crippen LogP contribution in [0.4, 0.5) is 0 Å². The van der Waals surface area contributed by atoms with Crippen LogP contribution >= 0.6 is 8.60 Å². The summed E-state index contributed by atoms with van der Waals surface area (Å²) in [5, 5.41) is 3.05. The summed E-state index contributed by atoms with van der Waals surface area (Å²) in [6, 6.07) is 0. The molecule has 0 aliphatic heterocycles. The summed E-state index contributed by atoms with van der Waals surface area (Å²) in [5.41, 5.74) is 1.73. The molecular weight excluding hydrogens is 259 g/mol. The fourth-order valence-corrected chi connectivity index (χ4v) is 1.82. The van der Waals surface area contributed by atoms with Crippen LogP contribution in [0.3, 0.4) is 0 Å². The molecule has 0 aromatic carbocycles. The first-order chi connectivity index (χ1) is 8.68. The van der Waals surface area contributed by atoms with Gasteiger partial charge in [0.15, 0.2) is 0 Å². The Bertz CT molecular complexity index is 567. The zero-order valence-corrected chi connectivity index (χ0v) is 10.3. The van der Waals surface area contributed by atoms with Gasteiger partial charge in [0.25, 0.3) is 5.56 Å². The van der Waals surface area contributed by atoms with Gasteiger partial charge in [0.1, 0.15) is 5.52 Å². The number of rotatable bonds is 6. The molecule has 0 unspecified atom stereocenters. The molecule has 5 N–H and O–H groups in total. The monoisotopic (exact) mass is 272 g/mol. The van der Waals surface area contributed by atoms with E-state index >= 15 is 0 Å². The number of hydrogen-bond donors (Lipinski definition) is 5. The average molecular weight is 272 g/mol. The van der Waals surface area contributed by atoms with E-state index in [0.29, 0.717) is 24.1 Å². The third kappa shape index (κ3) is 3.12. The fourth-order valence-electron chi connectivity index (χ4n) is 1.56. The second kappa shape index (κ2) is 6.03. The quantitative estimate of drug-likeness (QED) is 0.359. The van der Waals surface area contributed by atoms with Crippen LogP contribution in [0.1, 0.15) is 5.56 Å². The summed E-state index contributed by atoms with van der Waals surface area (Å²) >= 11 is 0. The molecule has 98 valence electrons. The van der Waals surface area contributed by atoms with Crippen LogP contribution in [0.5, 0.6) is 0 Å². The summed E-state index contributed by atoms with van der Waals surface area (Å²) < 4.78 is 4.60. The summed E-state index contributed by atoms with van der Waals surface area (Å²) in [4.78, 5) is 37.9. The number of hydrogen-bond acceptors (Lipinski definition) is 6. The summed E-state index contributed by atoms with van der Waals surface area (Å²) in [7, 11) is -2.30. The maximum absolute atomic E-state index is 11.4. The highest BCUT2D eigenvalue weighted by Crippen LogP contribution is 2.23. The summed E-state index contributed by atoms with van der Waals surface area (Å²) in [5.74, 6) is 0. The normalized spacial score (nSPS) is 11.5. The zero-order valence-electron chi connectivity index (χ0n) is 9.38. The van der Waals surface area contributed by atoms with Crippen molar-refractivity contribution < 1.29 is 14.3 Å². The largest absolute Gasteiger partial charge is 0.355 e. The maximum atomic E-state index is 11.4. The van der Waals surface area contributed by atoms with Gasteiger partial charge in [-0.15, -0.1) is 0 Å². The second-order valence-electron chi connectivity index (χ2n) is 3.53. The van der Waals surface area contributed by atoms with Crippen LogP contribution < -0.4 is 10.9 Å². The molecule has 9 heteroatoms. The number of nitrogens with zero attached hydrogens (tertiary/aromatic N) is 1. The first kappa shape index (κ1) is 13.1. The van der Waals surface area contributed by atoms with E-state index < -0.39 is 8.60 Å². The highest BCUT2D eigenvalue weighted by atomic mass is 31.2. The molecule has 2 aromatic heterocycles. The van der Waals surface area contributed by atoms with Crippen LogP contribution in [0.25, 0.3) is 11.0 Å². The molecule has 2 heterocycles. The van der Waals surface area contributed by atoms with Gasteiger partial charge in [-0.05, 0) is 0 Å². The van der Waals surface area contributed by atoms with E-state index in [1.165, 1.54) is 6.33 Å². The number of H-pyrrole nitrogens is 2. The fraction of sp³-hybridized carbons (Fsp3) is 0.333. The molecule has 0 bridgehead atoms. The topological polar surface area (TPSA) is 123 Å². The Balaban J connectivity index is 1.92. The van der Waals surface area contributed by atoms with E-state index in [2.05, 4.69) is 24.8 Å². The lowest BCUT2D eigenvalue weighted by Crippen LogP contribution is -2.18. The summed E-state index contributed by atoms with van der Waals surface area (Å²) in [6.45, 7) is 1.18. The number of aromatic nitrogens is 3. The molecule has 18 heavy (non-hydrogen) atoms. The Morgan fingerprint density at radius 1 is 1.44 bits per heavy atom. The van der Waals surface area contributed by atoms with Gasteiger partial charge in [0, 0.05) is 24.8 Å². The second-order valence-corrected chi connectivity index (χ2v) is 4.30. The lowest BCUT2D eigenvalue weighted by atomic mass is 10.3. The predicted molar refractivity (Wildman–Crippen MR) is 65.7 cm³/mol. The molecule has 0 saturated carbocycles. The van der Waals surface area contributed by atoms with Gasteiger partial charge in [-0.3, -0.25) is 4.79 Å². The lowest BCUT2D eigenvalue weighted by molar-refractivity contribution is 0.254. The first-order valence-corrected chi connectivity index (χ1v) is 6.40. The molecule has 8 nitrogen and oxygen atoms in total. The van der Waals surface area contributed by atoms with Crippen molar-refractivity contribution in [3.8, 4) is 0 Å². The van der Waals surface area contributed by atoms with Crippen molar-refractivity contribution >= 4 is 19.6 Å². The first-order valence-electron chi connectivity index (χ1n) is 5.23. The van der Waals surface area contributed by atoms with E-state index in [4.69, 9.17) is 9.79 Å². The predicted octanol–water partition coefficient (Wildman–Crippen LogP) is -0.431. The van der Waals surface area contributed by atoms with Crippen molar-refractivity contribution in [1.82, 2.24) is 20.3 Å². The van der Waals surface area contributed by atoms with E-state index in [1.54, 1.807) is 6.20 Å². The van der Waals surface area contributed by atoms with Crippen molar-refractivity contribution in [3.63, 3.8) is 0 Å². The zero-order chi connectivity index (χ0) is 13.0. The highest BCUT2D eigenvalue weighted by Gasteiger charge is 2.07. The third-order valence-electron chi connectivity index (χ3n) is 2.35. The van der Waals surface area contributed by atoms with Crippen molar-refractivity contribution in [1.29, 1.82) is 0 Å². The van der Waals surface area contributed by atoms with Gasteiger partial charge < -0.3 is 29.6 Å². The minimum absolute atomic E-state index is 0.203. The smallest absolute Gasteiger partial charge is 0.327 e. The van der Waals surface area contributed by atoms with Gasteiger partial charge in [0.2, 0.25) is 0 Å². The molecule has 2 rings (SSSR count). The van der Waals surface area contributed by atoms with Gasteiger partial charge >= 0.3 is 8.60 Å². The van der Waals surface area contributed by atoms with E-state index in [9.17, 15) is 4.79 Å². The molecule has 2 aromatic rings. The van der Waals surface area contributed by atoms with Crippen LogP contribution in [-0.2, 0) is 11.1 Å². The van der Waals surface area contributed by atoms with Gasteiger partial charge in [0.05, 0.1) is 18.5 Å². The molecular formula is C9H13N4O4P. The molecule has 0 amide bonds. The van der Waals surface area contributed by atoms with Gasteiger partial charge in [-0.2, -0.15) is 0 Å². The Hall–Kier alpha value is -1.31. The molecule has 0 fully saturated rings. The van der Waals surface area contributed by atoms with Crippen LogP contribution in [0.15, 0.2) is 17.3 Å². The highest BCUT2D eigenvalue weighted by molar-refractivity contribution is 7.39. The lowest BCUT2D eigenvalue weighted by Gasteiger charge is -2.05. The van der Waals surface area contributed by atoms with Crippen molar-refractivity contribution in [3.05, 3.63) is 28.4 Å². The van der Waals surface area contributed by atoms with Crippen molar-refractivity contribution in [2.24, 2.45) is 0 Å². The molecule has 0 spiro atoms. The third-order valence-corrected chi connectivity index (χ3v) is 2.76. The van der Waals surface area contributed by atoms with Crippen LogP contribution in [-0.4, -0.2) is 37.9 Å². The van der Waals surface area contributed by atoms with E-state index in [0.717, 1.165) is 5.56 Å². The van der Waals surface area contributed by atoms with E-state index in [-0.39, 0.29) is 12.2 Å². The Morgan fingerprint density at radius 3 is 3.06 bits per heavy atom. The Morgan fingerprint density at radius 2 is 2.28 bits per heavy atom.